The number of rotatable bonds is 2. The average Bonchev–Trinajstić information content (AvgIpc) is 2.75. The first-order valence-electron chi connectivity index (χ1n) is 6.29. The number of hydrogen-bond acceptors (Lipinski definition) is 2. The van der Waals surface area contributed by atoms with Gasteiger partial charge >= 0.3 is 6.18 Å². The highest BCUT2D eigenvalue weighted by Crippen LogP contribution is 2.34. The summed E-state index contributed by atoms with van der Waals surface area (Å²) >= 11 is 0. The quantitative estimate of drug-likeness (QED) is 0.883. The van der Waals surface area contributed by atoms with Crippen LogP contribution in [0.15, 0.2) is 48.5 Å². The molecule has 2 aromatic rings. The number of halogens is 3. The van der Waals surface area contributed by atoms with Crippen molar-refractivity contribution in [2.75, 3.05) is 10.6 Å². The SMILES string of the molecule is O=C1Nc2ccccc2C1Nc1ccc(C(F)(F)F)cc1. The molecule has 1 unspecified atom stereocenters. The van der Waals surface area contributed by atoms with Gasteiger partial charge in [0.05, 0.1) is 5.56 Å². The fourth-order valence-electron chi connectivity index (χ4n) is 2.27. The third kappa shape index (κ3) is 2.56. The Balaban J connectivity index is 1.83. The van der Waals surface area contributed by atoms with Crippen LogP contribution in [0.25, 0.3) is 0 Å². The van der Waals surface area contributed by atoms with Crippen molar-refractivity contribution in [3.05, 3.63) is 59.7 Å². The number of alkyl halides is 3. The second kappa shape index (κ2) is 4.80. The zero-order chi connectivity index (χ0) is 15.0. The number of anilines is 2. The third-order valence-corrected chi connectivity index (χ3v) is 3.32. The molecule has 1 aliphatic heterocycles. The normalized spacial score (nSPS) is 17.3. The summed E-state index contributed by atoms with van der Waals surface area (Å²) in [6, 6.07) is 11.2. The van der Waals surface area contributed by atoms with Crippen molar-refractivity contribution in [2.45, 2.75) is 12.2 Å². The highest BCUT2D eigenvalue weighted by Gasteiger charge is 2.31. The van der Waals surface area contributed by atoms with Crippen molar-refractivity contribution >= 4 is 17.3 Å². The van der Waals surface area contributed by atoms with Crippen LogP contribution in [-0.2, 0) is 11.0 Å². The van der Waals surface area contributed by atoms with Gasteiger partial charge in [0.1, 0.15) is 6.04 Å². The van der Waals surface area contributed by atoms with E-state index >= 15 is 0 Å². The largest absolute Gasteiger partial charge is 0.416 e. The second-order valence-corrected chi connectivity index (χ2v) is 4.73. The zero-order valence-corrected chi connectivity index (χ0v) is 10.7. The molecular formula is C15H11F3N2O. The molecule has 1 amide bonds. The summed E-state index contributed by atoms with van der Waals surface area (Å²) in [6.07, 6.45) is -4.37. The first kappa shape index (κ1) is 13.5. The molecule has 3 nitrogen and oxygen atoms in total. The Morgan fingerprint density at radius 3 is 2.33 bits per heavy atom. The standard InChI is InChI=1S/C15H11F3N2O/c16-15(17,18)9-5-7-10(8-6-9)19-13-11-3-1-2-4-12(11)20-14(13)21/h1-8,13,19H,(H,20,21). The van der Waals surface area contributed by atoms with Gasteiger partial charge < -0.3 is 10.6 Å². The monoisotopic (exact) mass is 292 g/mol. The maximum absolute atomic E-state index is 12.5. The van der Waals surface area contributed by atoms with Crippen LogP contribution in [0.2, 0.25) is 0 Å². The number of para-hydroxylation sites is 1. The summed E-state index contributed by atoms with van der Waals surface area (Å²) in [6.45, 7) is 0. The van der Waals surface area contributed by atoms with Gasteiger partial charge in [0.15, 0.2) is 0 Å². The van der Waals surface area contributed by atoms with E-state index in [0.29, 0.717) is 11.4 Å². The number of carbonyl (C=O) groups excluding carboxylic acids is 1. The van der Waals surface area contributed by atoms with Gasteiger partial charge in [-0.25, -0.2) is 0 Å². The van der Waals surface area contributed by atoms with Gasteiger partial charge in [-0.1, -0.05) is 18.2 Å². The summed E-state index contributed by atoms with van der Waals surface area (Å²) < 4.78 is 37.5. The predicted molar refractivity (Wildman–Crippen MR) is 72.9 cm³/mol. The van der Waals surface area contributed by atoms with Crippen LogP contribution in [0.3, 0.4) is 0 Å². The van der Waals surface area contributed by atoms with Gasteiger partial charge in [-0.15, -0.1) is 0 Å². The average molecular weight is 292 g/mol. The maximum atomic E-state index is 12.5. The molecule has 0 saturated heterocycles. The first-order chi connectivity index (χ1) is 9.95. The molecule has 1 aliphatic rings. The molecule has 108 valence electrons. The highest BCUT2D eigenvalue weighted by molar-refractivity contribution is 6.04. The molecule has 1 atom stereocenters. The molecule has 1 heterocycles. The van der Waals surface area contributed by atoms with E-state index in [-0.39, 0.29) is 5.91 Å². The van der Waals surface area contributed by atoms with Gasteiger partial charge in [-0.3, -0.25) is 4.79 Å². The Hall–Kier alpha value is -2.50. The fraction of sp³-hybridized carbons (Fsp3) is 0.133. The molecule has 0 spiro atoms. The minimum Gasteiger partial charge on any atom is -0.370 e. The number of fused-ring (bicyclic) bond motifs is 1. The fourth-order valence-corrected chi connectivity index (χ4v) is 2.27. The molecule has 2 N–H and O–H groups in total. The lowest BCUT2D eigenvalue weighted by Gasteiger charge is -2.14. The van der Waals surface area contributed by atoms with Crippen LogP contribution in [0.1, 0.15) is 17.2 Å². The smallest absolute Gasteiger partial charge is 0.370 e. The molecule has 0 aliphatic carbocycles. The summed E-state index contributed by atoms with van der Waals surface area (Å²) in [4.78, 5) is 11.9. The van der Waals surface area contributed by atoms with E-state index in [4.69, 9.17) is 0 Å². The van der Waals surface area contributed by atoms with E-state index in [2.05, 4.69) is 10.6 Å². The molecule has 0 fully saturated rings. The molecule has 0 saturated carbocycles. The predicted octanol–water partition coefficient (Wildman–Crippen LogP) is 3.81. The molecule has 21 heavy (non-hydrogen) atoms. The van der Waals surface area contributed by atoms with Crippen molar-refractivity contribution in [1.82, 2.24) is 0 Å². The van der Waals surface area contributed by atoms with Crippen LogP contribution < -0.4 is 10.6 Å². The lowest BCUT2D eigenvalue weighted by Crippen LogP contribution is -2.19. The molecule has 0 aromatic heterocycles. The van der Waals surface area contributed by atoms with E-state index in [0.717, 1.165) is 17.7 Å². The summed E-state index contributed by atoms with van der Waals surface area (Å²) in [5.74, 6) is -0.226. The second-order valence-electron chi connectivity index (χ2n) is 4.73. The Morgan fingerprint density at radius 2 is 1.67 bits per heavy atom. The van der Waals surface area contributed by atoms with Crippen LogP contribution in [-0.4, -0.2) is 5.91 Å². The van der Waals surface area contributed by atoms with Gasteiger partial charge in [0.25, 0.3) is 5.91 Å². The molecule has 2 aromatic carbocycles. The van der Waals surface area contributed by atoms with Crippen molar-refractivity contribution in [1.29, 1.82) is 0 Å². The minimum absolute atomic E-state index is 0.226. The van der Waals surface area contributed by atoms with Crippen molar-refractivity contribution < 1.29 is 18.0 Å². The summed E-state index contributed by atoms with van der Waals surface area (Å²) in [7, 11) is 0. The number of nitrogens with one attached hydrogen (secondary N) is 2. The number of amides is 1. The summed E-state index contributed by atoms with van der Waals surface area (Å²) in [5.41, 5.74) is 1.23. The Labute approximate surface area is 118 Å². The van der Waals surface area contributed by atoms with Crippen molar-refractivity contribution in [2.24, 2.45) is 0 Å². The van der Waals surface area contributed by atoms with Crippen molar-refractivity contribution in [3.63, 3.8) is 0 Å². The van der Waals surface area contributed by atoms with Gasteiger partial charge in [0, 0.05) is 16.9 Å². The van der Waals surface area contributed by atoms with Crippen LogP contribution in [0, 0.1) is 0 Å². The van der Waals surface area contributed by atoms with Crippen LogP contribution in [0.4, 0.5) is 24.5 Å². The number of benzene rings is 2. The van der Waals surface area contributed by atoms with Gasteiger partial charge in [-0.2, -0.15) is 13.2 Å². The Morgan fingerprint density at radius 1 is 1.00 bits per heavy atom. The lowest BCUT2D eigenvalue weighted by molar-refractivity contribution is -0.137. The maximum Gasteiger partial charge on any atom is 0.416 e. The molecule has 3 rings (SSSR count). The number of hydrogen-bond donors (Lipinski definition) is 2. The van der Waals surface area contributed by atoms with E-state index in [9.17, 15) is 18.0 Å². The lowest BCUT2D eigenvalue weighted by atomic mass is 10.1. The Bertz CT molecular complexity index is 680. The molecule has 0 radical (unpaired) electrons. The van der Waals surface area contributed by atoms with E-state index in [1.165, 1.54) is 12.1 Å². The zero-order valence-electron chi connectivity index (χ0n) is 10.7. The van der Waals surface area contributed by atoms with Crippen LogP contribution >= 0.6 is 0 Å². The van der Waals surface area contributed by atoms with Gasteiger partial charge in [-0.05, 0) is 30.3 Å². The van der Waals surface area contributed by atoms with E-state index in [1.54, 1.807) is 24.3 Å². The van der Waals surface area contributed by atoms with Gasteiger partial charge in [0.2, 0.25) is 0 Å². The Kier molecular flexibility index (Phi) is 3.08. The summed E-state index contributed by atoms with van der Waals surface area (Å²) in [5, 5.41) is 5.67. The van der Waals surface area contributed by atoms with Crippen molar-refractivity contribution in [3.8, 4) is 0 Å². The highest BCUT2D eigenvalue weighted by atomic mass is 19.4. The van der Waals surface area contributed by atoms with Crippen LogP contribution in [0.5, 0.6) is 0 Å². The minimum atomic E-state index is -4.37. The third-order valence-electron chi connectivity index (χ3n) is 3.32. The molecule has 0 bridgehead atoms. The first-order valence-corrected chi connectivity index (χ1v) is 6.29. The number of carbonyl (C=O) groups is 1. The van der Waals surface area contributed by atoms with E-state index in [1.807, 2.05) is 0 Å². The topological polar surface area (TPSA) is 41.1 Å². The molecule has 6 heteroatoms. The van der Waals surface area contributed by atoms with E-state index < -0.39 is 17.8 Å². The molecular weight excluding hydrogens is 281 g/mol.